The van der Waals surface area contributed by atoms with Crippen molar-refractivity contribution in [3.63, 3.8) is 0 Å². The van der Waals surface area contributed by atoms with Gasteiger partial charge in [0.15, 0.2) is 11.4 Å². The Morgan fingerprint density at radius 2 is 1.83 bits per heavy atom. The molecule has 4 heterocycles. The van der Waals surface area contributed by atoms with Gasteiger partial charge in [0.1, 0.15) is 11.5 Å². The highest BCUT2D eigenvalue weighted by atomic mass is 32.2. The van der Waals surface area contributed by atoms with Crippen LogP contribution in [0.3, 0.4) is 0 Å². The summed E-state index contributed by atoms with van der Waals surface area (Å²) in [6.45, 7) is 2.98. The number of fused-ring (bicyclic) bond motifs is 1. The lowest BCUT2D eigenvalue weighted by Gasteiger charge is -2.30. The number of ketones is 1. The highest BCUT2D eigenvalue weighted by Crippen LogP contribution is 2.27. The van der Waals surface area contributed by atoms with Gasteiger partial charge in [-0.25, -0.2) is 22.4 Å². The predicted molar refractivity (Wildman–Crippen MR) is 117 cm³/mol. The Labute approximate surface area is 178 Å². The largest absolute Gasteiger partial charge is 0.357 e. The van der Waals surface area contributed by atoms with Crippen molar-refractivity contribution < 1.29 is 13.2 Å². The number of rotatable bonds is 5. The number of hydrogen-bond donors (Lipinski definition) is 0. The summed E-state index contributed by atoms with van der Waals surface area (Å²) in [5.74, 6) is 0.940. The second-order valence-corrected chi connectivity index (χ2v) is 10.7. The molecule has 4 rings (SSSR count). The number of aromatic nitrogens is 3. The van der Waals surface area contributed by atoms with Gasteiger partial charge < -0.3 is 4.90 Å². The normalized spacial score (nSPS) is 21.7. The standard InChI is InChI=1S/C21H31N5O3S/c1-24-21-17(9-10-19(22-21)25-11-5-3-4-6-12-25)20(23-24)18(27)14-16-8-7-13-26(15-16)30(2,28)29/h9-10,16H,3-8,11-15H2,1-2H3. The summed E-state index contributed by atoms with van der Waals surface area (Å²) in [7, 11) is -1.40. The number of carbonyl (C=O) groups excluding carboxylic acids is 1. The fourth-order valence-corrected chi connectivity index (χ4v) is 5.60. The first-order valence-electron chi connectivity index (χ1n) is 10.9. The minimum absolute atomic E-state index is 0.0300. The highest BCUT2D eigenvalue weighted by molar-refractivity contribution is 7.88. The third kappa shape index (κ3) is 4.51. The summed E-state index contributed by atoms with van der Waals surface area (Å²) in [5, 5.41) is 5.26. The molecule has 2 saturated heterocycles. The number of carbonyl (C=O) groups is 1. The Bertz CT molecular complexity index is 1020. The van der Waals surface area contributed by atoms with Crippen LogP contribution in [0.2, 0.25) is 0 Å². The molecule has 0 aromatic carbocycles. The van der Waals surface area contributed by atoms with Crippen LogP contribution in [0, 0.1) is 5.92 Å². The van der Waals surface area contributed by atoms with Crippen LogP contribution in [0.5, 0.6) is 0 Å². The molecule has 8 nitrogen and oxygen atoms in total. The van der Waals surface area contributed by atoms with E-state index in [9.17, 15) is 13.2 Å². The molecule has 9 heteroatoms. The smallest absolute Gasteiger partial charge is 0.211 e. The zero-order chi connectivity index (χ0) is 21.3. The zero-order valence-electron chi connectivity index (χ0n) is 17.9. The molecule has 164 valence electrons. The van der Waals surface area contributed by atoms with Crippen LogP contribution in [-0.2, 0) is 17.1 Å². The SMILES string of the molecule is Cn1nc(C(=O)CC2CCCN(S(C)(=O)=O)C2)c2ccc(N3CCCCCC3)nc21. The van der Waals surface area contributed by atoms with E-state index < -0.39 is 10.0 Å². The van der Waals surface area contributed by atoms with Gasteiger partial charge in [0.05, 0.1) is 11.6 Å². The summed E-state index contributed by atoms with van der Waals surface area (Å²) >= 11 is 0. The van der Waals surface area contributed by atoms with Crippen LogP contribution in [0.15, 0.2) is 12.1 Å². The van der Waals surface area contributed by atoms with Gasteiger partial charge in [-0.15, -0.1) is 0 Å². The van der Waals surface area contributed by atoms with E-state index in [0.717, 1.165) is 42.8 Å². The molecule has 0 aliphatic carbocycles. The van der Waals surface area contributed by atoms with Crippen LogP contribution in [0.1, 0.15) is 55.4 Å². The van der Waals surface area contributed by atoms with E-state index in [4.69, 9.17) is 4.98 Å². The number of pyridine rings is 1. The van der Waals surface area contributed by atoms with E-state index in [1.54, 1.807) is 4.68 Å². The molecule has 0 radical (unpaired) electrons. The van der Waals surface area contributed by atoms with E-state index in [0.29, 0.717) is 25.2 Å². The number of hydrogen-bond acceptors (Lipinski definition) is 6. The lowest BCUT2D eigenvalue weighted by atomic mass is 9.93. The molecule has 0 spiro atoms. The van der Waals surface area contributed by atoms with Crippen molar-refractivity contribution in [1.82, 2.24) is 19.1 Å². The second kappa shape index (κ2) is 8.63. The van der Waals surface area contributed by atoms with Crippen molar-refractivity contribution >= 4 is 32.7 Å². The maximum Gasteiger partial charge on any atom is 0.211 e. The lowest BCUT2D eigenvalue weighted by Crippen LogP contribution is -2.39. The number of sulfonamides is 1. The molecule has 0 saturated carbocycles. The summed E-state index contributed by atoms with van der Waals surface area (Å²) in [6, 6.07) is 3.96. The summed E-state index contributed by atoms with van der Waals surface area (Å²) in [4.78, 5) is 20.2. The molecular formula is C21H31N5O3S. The summed E-state index contributed by atoms with van der Waals surface area (Å²) < 4.78 is 26.9. The Hall–Kier alpha value is -2.00. The van der Waals surface area contributed by atoms with Crippen molar-refractivity contribution in [3.05, 3.63) is 17.8 Å². The molecule has 1 atom stereocenters. The minimum Gasteiger partial charge on any atom is -0.357 e. The number of aryl methyl sites for hydroxylation is 1. The van der Waals surface area contributed by atoms with Crippen molar-refractivity contribution in [1.29, 1.82) is 0 Å². The molecule has 0 bridgehead atoms. The van der Waals surface area contributed by atoms with Crippen molar-refractivity contribution in [2.45, 2.75) is 44.9 Å². The average molecular weight is 434 g/mol. The van der Waals surface area contributed by atoms with Crippen LogP contribution in [-0.4, -0.2) is 65.7 Å². The van der Waals surface area contributed by atoms with Gasteiger partial charge in [-0.2, -0.15) is 5.10 Å². The maximum absolute atomic E-state index is 13.0. The molecule has 2 fully saturated rings. The quantitative estimate of drug-likeness (QED) is 0.674. The number of piperidine rings is 1. The fraction of sp³-hybridized carbons (Fsp3) is 0.667. The first-order valence-corrected chi connectivity index (χ1v) is 12.7. The van der Waals surface area contributed by atoms with Gasteiger partial charge >= 0.3 is 0 Å². The van der Waals surface area contributed by atoms with E-state index in [2.05, 4.69) is 10.00 Å². The first-order chi connectivity index (χ1) is 14.3. The lowest BCUT2D eigenvalue weighted by molar-refractivity contribution is 0.0938. The van der Waals surface area contributed by atoms with Gasteiger partial charge in [0.2, 0.25) is 10.0 Å². The minimum atomic E-state index is -3.22. The van der Waals surface area contributed by atoms with Crippen molar-refractivity contribution in [2.24, 2.45) is 13.0 Å². The molecular weight excluding hydrogens is 402 g/mol. The van der Waals surface area contributed by atoms with Gasteiger partial charge in [0.25, 0.3) is 0 Å². The molecule has 1 unspecified atom stereocenters. The van der Waals surface area contributed by atoms with Crippen LogP contribution in [0.4, 0.5) is 5.82 Å². The Kier molecular flexibility index (Phi) is 6.11. The second-order valence-electron chi connectivity index (χ2n) is 8.67. The van der Waals surface area contributed by atoms with Crippen molar-refractivity contribution in [3.8, 4) is 0 Å². The van der Waals surface area contributed by atoms with Crippen LogP contribution in [0.25, 0.3) is 11.0 Å². The van der Waals surface area contributed by atoms with Gasteiger partial charge in [-0.05, 0) is 43.7 Å². The third-order valence-electron chi connectivity index (χ3n) is 6.29. The van der Waals surface area contributed by atoms with Crippen LogP contribution >= 0.6 is 0 Å². The van der Waals surface area contributed by atoms with Gasteiger partial charge in [-0.3, -0.25) is 4.79 Å². The van der Waals surface area contributed by atoms with Crippen molar-refractivity contribution in [2.75, 3.05) is 37.3 Å². The molecule has 0 N–H and O–H groups in total. The Morgan fingerprint density at radius 1 is 1.10 bits per heavy atom. The van der Waals surface area contributed by atoms with E-state index in [1.165, 1.54) is 36.2 Å². The van der Waals surface area contributed by atoms with Gasteiger partial charge in [-0.1, -0.05) is 12.8 Å². The van der Waals surface area contributed by atoms with E-state index in [-0.39, 0.29) is 11.7 Å². The van der Waals surface area contributed by atoms with E-state index in [1.807, 2.05) is 19.2 Å². The number of anilines is 1. The predicted octanol–water partition coefficient (Wildman–Crippen LogP) is 2.59. The molecule has 2 aromatic rings. The highest BCUT2D eigenvalue weighted by Gasteiger charge is 2.29. The summed E-state index contributed by atoms with van der Waals surface area (Å²) in [5.41, 5.74) is 1.17. The molecule has 2 aliphatic heterocycles. The first kappa shape index (κ1) is 21.2. The summed E-state index contributed by atoms with van der Waals surface area (Å²) in [6.07, 6.45) is 8.08. The Balaban J connectivity index is 1.53. The van der Waals surface area contributed by atoms with Gasteiger partial charge in [0, 0.05) is 39.6 Å². The monoisotopic (exact) mass is 433 g/mol. The molecule has 0 amide bonds. The maximum atomic E-state index is 13.0. The zero-order valence-corrected chi connectivity index (χ0v) is 18.7. The number of nitrogens with zero attached hydrogens (tertiary/aromatic N) is 5. The Morgan fingerprint density at radius 3 is 2.53 bits per heavy atom. The third-order valence-corrected chi connectivity index (χ3v) is 7.56. The molecule has 30 heavy (non-hydrogen) atoms. The topological polar surface area (TPSA) is 88.4 Å². The van der Waals surface area contributed by atoms with E-state index >= 15 is 0 Å². The number of Topliss-reactive ketones (excluding diaryl/α,β-unsaturated/α-hetero) is 1. The molecule has 2 aromatic heterocycles. The fourth-order valence-electron chi connectivity index (χ4n) is 4.66. The average Bonchev–Trinajstić information content (AvgIpc) is 2.88. The van der Waals surface area contributed by atoms with Crippen LogP contribution < -0.4 is 4.90 Å². The molecule has 2 aliphatic rings.